The minimum atomic E-state index is -0.0230. The summed E-state index contributed by atoms with van der Waals surface area (Å²) in [5.74, 6) is 1.08. The van der Waals surface area contributed by atoms with Crippen molar-refractivity contribution in [3.63, 3.8) is 0 Å². The predicted octanol–water partition coefficient (Wildman–Crippen LogP) is 6.20. The van der Waals surface area contributed by atoms with E-state index in [0.29, 0.717) is 6.54 Å². The summed E-state index contributed by atoms with van der Waals surface area (Å²) >= 11 is 3.54. The highest BCUT2D eigenvalue weighted by atomic mass is 79.9. The first-order chi connectivity index (χ1) is 16.6. The summed E-state index contributed by atoms with van der Waals surface area (Å²) in [6.07, 6.45) is 2.92. The Kier molecular flexibility index (Phi) is 6.79. The van der Waals surface area contributed by atoms with E-state index in [1.54, 1.807) is 0 Å². The Morgan fingerprint density at radius 3 is 2.59 bits per heavy atom. The van der Waals surface area contributed by atoms with Gasteiger partial charge in [0, 0.05) is 22.4 Å². The summed E-state index contributed by atoms with van der Waals surface area (Å²) in [5.41, 5.74) is 5.32. The highest BCUT2D eigenvalue weighted by molar-refractivity contribution is 9.10. The zero-order valence-corrected chi connectivity index (χ0v) is 21.0. The number of hydrogen-bond donors (Lipinski definition) is 1. The lowest BCUT2D eigenvalue weighted by atomic mass is 9.97. The standard InChI is InChI=1S/C28H29BrN4O/c1-2-20-9-13-23(14-10-20)30-28(34)21-6-5-17-32(18-21)19-27-31-25-7-3-4-8-26(25)33(27)24-15-11-22(29)12-16-24/h3-4,7-16,21H,2,5-6,17-19H2,1H3,(H,30,34)/t21-/m1/s1. The van der Waals surface area contributed by atoms with Crippen LogP contribution in [0, 0.1) is 5.92 Å². The van der Waals surface area contributed by atoms with Crippen LogP contribution < -0.4 is 5.32 Å². The smallest absolute Gasteiger partial charge is 0.228 e. The van der Waals surface area contributed by atoms with E-state index in [4.69, 9.17) is 4.98 Å². The fourth-order valence-electron chi connectivity index (χ4n) is 4.74. The molecule has 1 aromatic heterocycles. The number of imidazole rings is 1. The molecule has 0 spiro atoms. The number of likely N-dealkylation sites (tertiary alicyclic amines) is 1. The van der Waals surface area contributed by atoms with Gasteiger partial charge in [-0.3, -0.25) is 14.3 Å². The average molecular weight is 517 g/mol. The molecule has 6 heteroatoms. The van der Waals surface area contributed by atoms with Gasteiger partial charge in [-0.1, -0.05) is 47.1 Å². The molecule has 3 aromatic carbocycles. The maximum absolute atomic E-state index is 13.0. The minimum absolute atomic E-state index is 0.0230. The lowest BCUT2D eigenvalue weighted by Crippen LogP contribution is -2.40. The topological polar surface area (TPSA) is 50.2 Å². The van der Waals surface area contributed by atoms with Gasteiger partial charge in [-0.15, -0.1) is 0 Å². The summed E-state index contributed by atoms with van der Waals surface area (Å²) in [6.45, 7) is 4.55. The molecule has 0 bridgehead atoms. The molecule has 0 unspecified atom stereocenters. The van der Waals surface area contributed by atoms with E-state index in [2.05, 4.69) is 92.2 Å². The first kappa shape index (κ1) is 22.8. The number of halogens is 1. The number of nitrogens with one attached hydrogen (secondary N) is 1. The van der Waals surface area contributed by atoms with Gasteiger partial charge >= 0.3 is 0 Å². The van der Waals surface area contributed by atoms with Gasteiger partial charge in [0.15, 0.2) is 0 Å². The SMILES string of the molecule is CCc1ccc(NC(=O)[C@@H]2CCCN(Cc3nc4ccccc4n3-c3ccc(Br)cc3)C2)cc1. The van der Waals surface area contributed by atoms with E-state index in [-0.39, 0.29) is 11.8 Å². The van der Waals surface area contributed by atoms with Gasteiger partial charge in [-0.2, -0.15) is 0 Å². The van der Waals surface area contributed by atoms with Gasteiger partial charge in [0.2, 0.25) is 5.91 Å². The third-order valence-corrected chi connectivity index (χ3v) is 7.11. The van der Waals surface area contributed by atoms with Crippen LogP contribution in [0.4, 0.5) is 5.69 Å². The molecule has 1 amide bonds. The molecule has 0 radical (unpaired) electrons. The second kappa shape index (κ2) is 10.1. The molecule has 1 saturated heterocycles. The summed E-state index contributed by atoms with van der Waals surface area (Å²) in [6, 6.07) is 24.7. The number of anilines is 1. The summed E-state index contributed by atoms with van der Waals surface area (Å²) in [7, 11) is 0. The number of fused-ring (bicyclic) bond motifs is 1. The molecule has 2 heterocycles. The van der Waals surface area contributed by atoms with Gasteiger partial charge in [-0.25, -0.2) is 4.98 Å². The van der Waals surface area contributed by atoms with Crippen molar-refractivity contribution in [1.29, 1.82) is 0 Å². The van der Waals surface area contributed by atoms with E-state index in [1.165, 1.54) is 5.56 Å². The van der Waals surface area contributed by atoms with Gasteiger partial charge in [0.1, 0.15) is 5.82 Å². The molecule has 5 nitrogen and oxygen atoms in total. The van der Waals surface area contributed by atoms with Crippen molar-refractivity contribution in [3.8, 4) is 5.69 Å². The van der Waals surface area contributed by atoms with Crippen molar-refractivity contribution < 1.29 is 4.79 Å². The van der Waals surface area contributed by atoms with Crippen molar-refractivity contribution in [1.82, 2.24) is 14.5 Å². The fourth-order valence-corrected chi connectivity index (χ4v) is 5.01. The molecule has 1 fully saturated rings. The van der Waals surface area contributed by atoms with E-state index in [0.717, 1.165) is 65.1 Å². The molecular weight excluding hydrogens is 488 g/mol. The Morgan fingerprint density at radius 1 is 1.06 bits per heavy atom. The number of nitrogens with zero attached hydrogens (tertiary/aromatic N) is 3. The molecule has 1 N–H and O–H groups in total. The van der Waals surface area contributed by atoms with Crippen LogP contribution in [0.3, 0.4) is 0 Å². The number of carbonyl (C=O) groups excluding carboxylic acids is 1. The zero-order chi connectivity index (χ0) is 23.5. The molecule has 1 aliphatic rings. The fraction of sp³-hybridized carbons (Fsp3) is 0.286. The van der Waals surface area contributed by atoms with Crippen LogP contribution >= 0.6 is 15.9 Å². The molecule has 174 valence electrons. The summed E-state index contributed by atoms with van der Waals surface area (Å²) in [4.78, 5) is 20.4. The van der Waals surface area contributed by atoms with Crippen LogP contribution in [0.1, 0.15) is 31.2 Å². The van der Waals surface area contributed by atoms with Crippen LogP contribution in [0.15, 0.2) is 77.3 Å². The van der Waals surface area contributed by atoms with Gasteiger partial charge in [0.05, 0.1) is 23.5 Å². The van der Waals surface area contributed by atoms with Crippen molar-refractivity contribution in [2.45, 2.75) is 32.7 Å². The lowest BCUT2D eigenvalue weighted by molar-refractivity contribution is -0.121. The maximum Gasteiger partial charge on any atom is 0.228 e. The Hall–Kier alpha value is -2.96. The number of hydrogen-bond acceptors (Lipinski definition) is 3. The monoisotopic (exact) mass is 516 g/mol. The van der Waals surface area contributed by atoms with Crippen molar-refractivity contribution >= 4 is 38.6 Å². The molecule has 0 aliphatic carbocycles. The zero-order valence-electron chi connectivity index (χ0n) is 19.4. The number of carbonyl (C=O) groups is 1. The largest absolute Gasteiger partial charge is 0.326 e. The number of rotatable bonds is 6. The van der Waals surface area contributed by atoms with Crippen molar-refractivity contribution in [2.24, 2.45) is 5.92 Å². The first-order valence-corrected chi connectivity index (χ1v) is 12.7. The van der Waals surface area contributed by atoms with Gasteiger partial charge in [0.25, 0.3) is 0 Å². The van der Waals surface area contributed by atoms with Crippen LogP contribution in [0.25, 0.3) is 16.7 Å². The summed E-state index contributed by atoms with van der Waals surface area (Å²) in [5, 5.41) is 3.12. The van der Waals surface area contributed by atoms with Crippen molar-refractivity contribution in [3.05, 3.63) is 88.7 Å². The van der Waals surface area contributed by atoms with Gasteiger partial charge in [-0.05, 0) is 79.9 Å². The van der Waals surface area contributed by atoms with E-state index in [1.807, 2.05) is 18.2 Å². The Bertz CT molecular complexity index is 1280. The molecule has 1 aliphatic heterocycles. The lowest BCUT2D eigenvalue weighted by Gasteiger charge is -2.31. The highest BCUT2D eigenvalue weighted by Gasteiger charge is 2.27. The van der Waals surface area contributed by atoms with E-state index >= 15 is 0 Å². The second-order valence-electron chi connectivity index (χ2n) is 8.94. The van der Waals surface area contributed by atoms with Gasteiger partial charge < -0.3 is 5.32 Å². The Morgan fingerprint density at radius 2 is 1.82 bits per heavy atom. The van der Waals surface area contributed by atoms with Crippen LogP contribution in [-0.2, 0) is 17.8 Å². The normalized spacial score (nSPS) is 16.6. The minimum Gasteiger partial charge on any atom is -0.326 e. The molecule has 1 atom stereocenters. The molecule has 4 aromatic rings. The quantitative estimate of drug-likeness (QED) is 0.331. The Balaban J connectivity index is 1.34. The number of benzene rings is 3. The van der Waals surface area contributed by atoms with Crippen LogP contribution in [0.5, 0.6) is 0 Å². The second-order valence-corrected chi connectivity index (χ2v) is 9.86. The number of amides is 1. The summed E-state index contributed by atoms with van der Waals surface area (Å²) < 4.78 is 3.29. The molecule has 0 saturated carbocycles. The van der Waals surface area contributed by atoms with E-state index < -0.39 is 0 Å². The molecular formula is C28H29BrN4O. The number of piperidine rings is 1. The van der Waals surface area contributed by atoms with Crippen LogP contribution in [0.2, 0.25) is 0 Å². The highest BCUT2D eigenvalue weighted by Crippen LogP contribution is 2.26. The predicted molar refractivity (Wildman–Crippen MR) is 141 cm³/mol. The average Bonchev–Trinajstić information content (AvgIpc) is 3.23. The Labute approximate surface area is 208 Å². The number of para-hydroxylation sites is 2. The first-order valence-electron chi connectivity index (χ1n) is 11.9. The maximum atomic E-state index is 13.0. The molecule has 5 rings (SSSR count). The van der Waals surface area contributed by atoms with E-state index in [9.17, 15) is 4.79 Å². The third kappa shape index (κ3) is 4.93. The van der Waals surface area contributed by atoms with Crippen LogP contribution in [-0.4, -0.2) is 33.4 Å². The number of aryl methyl sites for hydroxylation is 1. The van der Waals surface area contributed by atoms with Crippen molar-refractivity contribution in [2.75, 3.05) is 18.4 Å². The molecule has 34 heavy (non-hydrogen) atoms. The third-order valence-electron chi connectivity index (χ3n) is 6.59. The number of aromatic nitrogens is 2.